The lowest BCUT2D eigenvalue weighted by atomic mass is 9.95. The van der Waals surface area contributed by atoms with E-state index in [0.29, 0.717) is 36.6 Å². The first-order valence-corrected chi connectivity index (χ1v) is 10.3. The number of nitrogens with zero attached hydrogens (tertiary/aromatic N) is 2. The molecule has 1 saturated heterocycles. The molecule has 0 aliphatic carbocycles. The van der Waals surface area contributed by atoms with Crippen molar-refractivity contribution in [2.45, 2.75) is 19.4 Å². The molecule has 7 nitrogen and oxygen atoms in total. The second kappa shape index (κ2) is 9.66. The van der Waals surface area contributed by atoms with Crippen molar-refractivity contribution in [2.24, 2.45) is 0 Å². The summed E-state index contributed by atoms with van der Waals surface area (Å²) < 4.78 is 5.64. The lowest BCUT2D eigenvalue weighted by Gasteiger charge is -2.26. The number of likely N-dealkylation sites (N-methyl/N-ethyl adjacent to an activating group) is 1. The maximum atomic E-state index is 13.0. The van der Waals surface area contributed by atoms with Crippen molar-refractivity contribution in [3.8, 4) is 11.5 Å². The normalized spacial score (nSPS) is 18.1. The minimum atomic E-state index is -0.749. The lowest BCUT2D eigenvalue weighted by molar-refractivity contribution is -0.140. The topological polar surface area (TPSA) is 90.3 Å². The van der Waals surface area contributed by atoms with Crippen LogP contribution in [0.3, 0.4) is 0 Å². The minimum absolute atomic E-state index is 0.0297. The maximum absolute atomic E-state index is 13.0. The molecule has 1 atom stereocenters. The first-order chi connectivity index (χ1) is 14.8. The van der Waals surface area contributed by atoms with Gasteiger partial charge in [-0.2, -0.15) is 0 Å². The number of rotatable bonds is 8. The molecule has 1 fully saturated rings. The smallest absolute Gasteiger partial charge is 0.295 e. The Balaban J connectivity index is 2.09. The molecule has 1 unspecified atom stereocenters. The molecule has 1 aliphatic heterocycles. The zero-order valence-corrected chi connectivity index (χ0v) is 18.0. The Kier molecular flexibility index (Phi) is 6.97. The molecule has 0 saturated carbocycles. The maximum Gasteiger partial charge on any atom is 0.295 e. The highest BCUT2D eigenvalue weighted by Gasteiger charge is 2.45. The van der Waals surface area contributed by atoms with Gasteiger partial charge >= 0.3 is 0 Å². The van der Waals surface area contributed by atoms with Crippen LogP contribution in [-0.2, 0) is 9.59 Å². The molecule has 0 aromatic heterocycles. The van der Waals surface area contributed by atoms with Crippen molar-refractivity contribution in [3.63, 3.8) is 0 Å². The van der Waals surface area contributed by atoms with Crippen molar-refractivity contribution >= 4 is 17.4 Å². The third kappa shape index (κ3) is 4.88. The first-order valence-electron chi connectivity index (χ1n) is 10.3. The molecule has 3 rings (SSSR count). The van der Waals surface area contributed by atoms with Gasteiger partial charge in [0.25, 0.3) is 11.7 Å². The Morgan fingerprint density at radius 2 is 1.84 bits per heavy atom. The van der Waals surface area contributed by atoms with Crippen LogP contribution in [-0.4, -0.2) is 65.5 Å². The first kappa shape index (κ1) is 22.4. The Hall–Kier alpha value is -3.32. The summed E-state index contributed by atoms with van der Waals surface area (Å²) in [5, 5.41) is 20.8. The van der Waals surface area contributed by atoms with E-state index in [1.165, 1.54) is 17.0 Å². The Bertz CT molecular complexity index is 982. The molecule has 0 spiro atoms. The average molecular weight is 424 g/mol. The van der Waals surface area contributed by atoms with Gasteiger partial charge in [-0.25, -0.2) is 0 Å². The number of hydrogen-bond donors (Lipinski definition) is 2. The average Bonchev–Trinajstić information content (AvgIpc) is 3.01. The molecule has 31 heavy (non-hydrogen) atoms. The number of ketones is 1. The fourth-order valence-electron chi connectivity index (χ4n) is 3.53. The number of benzene rings is 2. The van der Waals surface area contributed by atoms with Crippen LogP contribution in [0.1, 0.15) is 30.5 Å². The summed E-state index contributed by atoms with van der Waals surface area (Å²) in [6, 6.07) is 12.4. The third-order valence-corrected chi connectivity index (χ3v) is 5.12. The summed E-state index contributed by atoms with van der Waals surface area (Å²) in [5.41, 5.74) is 1.07. The monoisotopic (exact) mass is 424 g/mol. The summed E-state index contributed by atoms with van der Waals surface area (Å²) in [4.78, 5) is 29.2. The molecule has 2 N–H and O–H groups in total. The summed E-state index contributed by atoms with van der Waals surface area (Å²) >= 11 is 0. The van der Waals surface area contributed by atoms with Crippen molar-refractivity contribution in [2.75, 3.05) is 33.8 Å². The zero-order chi connectivity index (χ0) is 22.5. The predicted octanol–water partition coefficient (Wildman–Crippen LogP) is 3.16. The fourth-order valence-corrected chi connectivity index (χ4v) is 3.53. The predicted molar refractivity (Wildman–Crippen MR) is 118 cm³/mol. The van der Waals surface area contributed by atoms with Crippen LogP contribution in [0.25, 0.3) is 5.76 Å². The van der Waals surface area contributed by atoms with Crippen molar-refractivity contribution < 1.29 is 24.5 Å². The summed E-state index contributed by atoms with van der Waals surface area (Å²) in [6.07, 6.45) is 0.841. The van der Waals surface area contributed by atoms with Gasteiger partial charge < -0.3 is 24.7 Å². The Morgan fingerprint density at radius 1 is 1.13 bits per heavy atom. The number of aromatic hydroxyl groups is 1. The molecule has 2 aromatic rings. The number of aliphatic hydroxyl groups excluding tert-OH is 1. The van der Waals surface area contributed by atoms with Crippen LogP contribution in [0.15, 0.2) is 54.1 Å². The second-order valence-electron chi connectivity index (χ2n) is 7.76. The van der Waals surface area contributed by atoms with E-state index in [0.717, 1.165) is 6.42 Å². The Labute approximate surface area is 182 Å². The molecular formula is C24H28N2O5. The molecule has 1 amide bonds. The van der Waals surface area contributed by atoms with Gasteiger partial charge in [-0.05, 0) is 50.3 Å². The lowest BCUT2D eigenvalue weighted by Crippen LogP contribution is -2.35. The van der Waals surface area contributed by atoms with E-state index in [9.17, 15) is 19.8 Å². The standard InChI is InChI=1S/C24H28N2O5/c1-4-14-31-19-7-5-6-17(15-19)22(28)20-21(16-8-10-18(27)11-9-16)26(13-12-25(2)3)24(30)23(20)29/h5-11,15,21,27-28H,4,12-14H2,1-3H3/b22-20+. The number of carbonyl (C=O) groups excluding carboxylic acids is 2. The van der Waals surface area contributed by atoms with E-state index in [1.807, 2.05) is 25.9 Å². The number of hydrogen-bond acceptors (Lipinski definition) is 6. The quantitative estimate of drug-likeness (QED) is 0.384. The Morgan fingerprint density at radius 3 is 2.48 bits per heavy atom. The highest BCUT2D eigenvalue weighted by atomic mass is 16.5. The van der Waals surface area contributed by atoms with Gasteiger partial charge in [0.1, 0.15) is 17.3 Å². The number of aliphatic hydroxyl groups is 1. The van der Waals surface area contributed by atoms with Crippen LogP contribution >= 0.6 is 0 Å². The van der Waals surface area contributed by atoms with E-state index < -0.39 is 17.7 Å². The fraction of sp³-hybridized carbons (Fsp3) is 0.333. The van der Waals surface area contributed by atoms with Crippen molar-refractivity contribution in [1.82, 2.24) is 9.80 Å². The van der Waals surface area contributed by atoms with Crippen LogP contribution in [0.4, 0.5) is 0 Å². The minimum Gasteiger partial charge on any atom is -0.508 e. The van der Waals surface area contributed by atoms with E-state index in [2.05, 4.69) is 0 Å². The van der Waals surface area contributed by atoms with Crippen LogP contribution in [0.5, 0.6) is 11.5 Å². The van der Waals surface area contributed by atoms with E-state index in [1.54, 1.807) is 36.4 Å². The summed E-state index contributed by atoms with van der Waals surface area (Å²) in [5.74, 6) is -0.969. The van der Waals surface area contributed by atoms with Gasteiger partial charge in [0.15, 0.2) is 0 Å². The number of Topliss-reactive ketones (excluding diaryl/α,β-unsaturated/α-hetero) is 1. The number of amides is 1. The van der Waals surface area contributed by atoms with Crippen LogP contribution < -0.4 is 4.74 Å². The number of ether oxygens (including phenoxy) is 1. The van der Waals surface area contributed by atoms with Crippen molar-refractivity contribution in [3.05, 3.63) is 65.2 Å². The van der Waals surface area contributed by atoms with Gasteiger partial charge in [-0.15, -0.1) is 0 Å². The number of likely N-dealkylation sites (tertiary alicyclic amines) is 1. The second-order valence-corrected chi connectivity index (χ2v) is 7.76. The highest BCUT2D eigenvalue weighted by molar-refractivity contribution is 6.46. The third-order valence-electron chi connectivity index (χ3n) is 5.12. The SMILES string of the molecule is CCCOc1cccc(/C(O)=C2\C(=O)C(=O)N(CCN(C)C)C2c2ccc(O)cc2)c1. The number of phenols is 1. The number of carbonyl (C=O) groups is 2. The van der Waals surface area contributed by atoms with Crippen LogP contribution in [0.2, 0.25) is 0 Å². The molecule has 0 bridgehead atoms. The molecule has 1 aliphatic rings. The highest BCUT2D eigenvalue weighted by Crippen LogP contribution is 2.39. The molecule has 2 aromatic carbocycles. The number of phenolic OH excluding ortho intramolecular Hbond substituents is 1. The molecule has 1 heterocycles. The van der Waals surface area contributed by atoms with Crippen molar-refractivity contribution in [1.29, 1.82) is 0 Å². The summed E-state index contributed by atoms with van der Waals surface area (Å²) in [6.45, 7) is 3.41. The van der Waals surface area contributed by atoms with Crippen LogP contribution in [0, 0.1) is 0 Å². The van der Waals surface area contributed by atoms with Gasteiger partial charge in [0.2, 0.25) is 0 Å². The largest absolute Gasteiger partial charge is 0.508 e. The zero-order valence-electron chi connectivity index (χ0n) is 18.0. The molecule has 0 radical (unpaired) electrons. The van der Waals surface area contributed by atoms with E-state index in [-0.39, 0.29) is 17.1 Å². The van der Waals surface area contributed by atoms with Gasteiger partial charge in [0, 0.05) is 18.7 Å². The molecule has 7 heteroatoms. The molecule has 164 valence electrons. The van der Waals surface area contributed by atoms with E-state index >= 15 is 0 Å². The molecular weight excluding hydrogens is 396 g/mol. The van der Waals surface area contributed by atoms with Gasteiger partial charge in [-0.1, -0.05) is 31.2 Å². The van der Waals surface area contributed by atoms with Gasteiger partial charge in [0.05, 0.1) is 18.2 Å². The van der Waals surface area contributed by atoms with Gasteiger partial charge in [-0.3, -0.25) is 9.59 Å². The summed E-state index contributed by atoms with van der Waals surface area (Å²) in [7, 11) is 3.77. The van der Waals surface area contributed by atoms with E-state index in [4.69, 9.17) is 4.74 Å².